The standard InChI is InChI=1S/C19H22F2N6O4/c1-30-16-9(4-10(20)5-11(16)21)6-22-19(29)15-14-17(23-8-24-18(14)27-26-15)25-12-7-31-3-2-13(12)28/h5,8-9,12-13,28H,2-4,6-7H2,1H3,(H,22,29)(H2,23,24,25,26,27)/t9?,12-,13-/m1/s1. The van der Waals surface area contributed by atoms with Crippen LogP contribution in [0.2, 0.25) is 0 Å². The number of nitrogens with one attached hydrogen (secondary N) is 3. The number of hydrogen-bond donors (Lipinski definition) is 4. The lowest BCUT2D eigenvalue weighted by Crippen LogP contribution is -2.42. The Kier molecular flexibility index (Phi) is 6.09. The number of aliphatic hydroxyl groups excluding tert-OH is 1. The van der Waals surface area contributed by atoms with Gasteiger partial charge < -0.3 is 25.2 Å². The van der Waals surface area contributed by atoms with E-state index in [9.17, 15) is 18.7 Å². The zero-order chi connectivity index (χ0) is 22.0. The van der Waals surface area contributed by atoms with E-state index in [0.29, 0.717) is 24.2 Å². The van der Waals surface area contributed by atoms with E-state index in [-0.39, 0.29) is 36.7 Å². The van der Waals surface area contributed by atoms with Crippen LogP contribution in [0.4, 0.5) is 14.6 Å². The lowest BCUT2D eigenvalue weighted by atomic mass is 9.97. The first kappa shape index (κ1) is 21.1. The number of anilines is 1. The molecule has 2 aliphatic rings. The number of aromatic nitrogens is 4. The summed E-state index contributed by atoms with van der Waals surface area (Å²) >= 11 is 0. The molecule has 12 heteroatoms. The molecule has 1 fully saturated rings. The molecule has 2 aromatic rings. The minimum absolute atomic E-state index is 0.0202. The van der Waals surface area contributed by atoms with Gasteiger partial charge >= 0.3 is 0 Å². The SMILES string of the molecule is COC1=C(F)C=C(F)CC1CNC(=O)c1[nH]nc2ncnc(N[C@@H]3COCC[C@H]3O)c12. The van der Waals surface area contributed by atoms with Crippen LogP contribution in [0, 0.1) is 5.92 Å². The van der Waals surface area contributed by atoms with Crippen LogP contribution in [0.1, 0.15) is 23.3 Å². The number of fused-ring (bicyclic) bond motifs is 1. The third kappa shape index (κ3) is 4.35. The molecule has 3 atom stereocenters. The molecule has 0 aromatic carbocycles. The summed E-state index contributed by atoms with van der Waals surface area (Å²) in [5.74, 6) is -2.37. The lowest BCUT2D eigenvalue weighted by molar-refractivity contribution is 0.00308. The molecule has 1 aliphatic heterocycles. The minimum atomic E-state index is -0.800. The second-order valence-corrected chi connectivity index (χ2v) is 7.32. The smallest absolute Gasteiger partial charge is 0.270 e. The molecule has 1 unspecified atom stereocenters. The van der Waals surface area contributed by atoms with Crippen molar-refractivity contribution in [2.75, 3.05) is 32.2 Å². The van der Waals surface area contributed by atoms with Gasteiger partial charge in [0.1, 0.15) is 29.4 Å². The third-order valence-corrected chi connectivity index (χ3v) is 5.28. The Morgan fingerprint density at radius 3 is 3.03 bits per heavy atom. The summed E-state index contributed by atoms with van der Waals surface area (Å²) in [6.07, 6.45) is 1.82. The summed E-state index contributed by atoms with van der Waals surface area (Å²) < 4.78 is 38.0. The first-order chi connectivity index (χ1) is 15.0. The number of hydrogen-bond acceptors (Lipinski definition) is 8. The van der Waals surface area contributed by atoms with Crippen molar-refractivity contribution in [3.63, 3.8) is 0 Å². The van der Waals surface area contributed by atoms with Crippen LogP contribution < -0.4 is 10.6 Å². The van der Waals surface area contributed by atoms with Gasteiger partial charge in [0.05, 0.1) is 31.2 Å². The number of halogens is 2. The number of amides is 1. The van der Waals surface area contributed by atoms with Gasteiger partial charge in [-0.2, -0.15) is 5.10 Å². The highest BCUT2D eigenvalue weighted by Crippen LogP contribution is 2.31. The van der Waals surface area contributed by atoms with E-state index >= 15 is 0 Å². The number of methoxy groups -OCH3 is 1. The molecule has 0 spiro atoms. The number of aromatic amines is 1. The van der Waals surface area contributed by atoms with Gasteiger partial charge in [0.2, 0.25) is 0 Å². The Labute approximate surface area is 175 Å². The fraction of sp³-hybridized carbons (Fsp3) is 0.474. The van der Waals surface area contributed by atoms with Gasteiger partial charge in [0.15, 0.2) is 11.5 Å². The van der Waals surface area contributed by atoms with E-state index < -0.39 is 35.6 Å². The predicted octanol–water partition coefficient (Wildman–Crippen LogP) is 1.35. The second-order valence-electron chi connectivity index (χ2n) is 7.32. The lowest BCUT2D eigenvalue weighted by Gasteiger charge is -2.28. The minimum Gasteiger partial charge on any atom is -0.498 e. The van der Waals surface area contributed by atoms with E-state index in [0.717, 1.165) is 6.08 Å². The Morgan fingerprint density at radius 2 is 2.26 bits per heavy atom. The van der Waals surface area contributed by atoms with Crippen molar-refractivity contribution in [1.82, 2.24) is 25.5 Å². The molecule has 1 aliphatic carbocycles. The van der Waals surface area contributed by atoms with Crippen LogP contribution in [0.15, 0.2) is 29.8 Å². The average molecular weight is 436 g/mol. The van der Waals surface area contributed by atoms with Crippen LogP contribution in [0.3, 0.4) is 0 Å². The Balaban J connectivity index is 1.53. The molecule has 4 rings (SSSR count). The van der Waals surface area contributed by atoms with Crippen molar-refractivity contribution in [2.24, 2.45) is 5.92 Å². The number of allylic oxidation sites excluding steroid dienone is 3. The summed E-state index contributed by atoms with van der Waals surface area (Å²) in [4.78, 5) is 21.1. The molecule has 10 nitrogen and oxygen atoms in total. The fourth-order valence-electron chi connectivity index (χ4n) is 3.69. The largest absolute Gasteiger partial charge is 0.498 e. The number of rotatable bonds is 6. The maximum absolute atomic E-state index is 13.9. The number of aliphatic hydroxyl groups is 1. The van der Waals surface area contributed by atoms with Crippen LogP contribution >= 0.6 is 0 Å². The monoisotopic (exact) mass is 436 g/mol. The molecular weight excluding hydrogens is 414 g/mol. The van der Waals surface area contributed by atoms with Gasteiger partial charge in [-0.05, 0) is 6.42 Å². The molecular formula is C19H22F2N6O4. The quantitative estimate of drug-likeness (QED) is 0.533. The van der Waals surface area contributed by atoms with Crippen molar-refractivity contribution < 1.29 is 28.2 Å². The summed E-state index contributed by atoms with van der Waals surface area (Å²) in [6.45, 7) is 0.695. The number of carbonyl (C=O) groups excluding carboxylic acids is 1. The summed E-state index contributed by atoms with van der Waals surface area (Å²) in [7, 11) is 1.29. The Bertz CT molecular complexity index is 1040. The Hall–Kier alpha value is -3.12. The van der Waals surface area contributed by atoms with Crippen molar-refractivity contribution in [1.29, 1.82) is 0 Å². The number of carbonyl (C=O) groups is 1. The molecule has 0 radical (unpaired) electrons. The average Bonchev–Trinajstić information content (AvgIpc) is 3.18. The van der Waals surface area contributed by atoms with E-state index in [4.69, 9.17) is 9.47 Å². The number of H-pyrrole nitrogens is 1. The highest BCUT2D eigenvalue weighted by molar-refractivity contribution is 6.07. The van der Waals surface area contributed by atoms with E-state index in [2.05, 4.69) is 30.8 Å². The van der Waals surface area contributed by atoms with Crippen molar-refractivity contribution in [2.45, 2.75) is 25.0 Å². The zero-order valence-electron chi connectivity index (χ0n) is 16.7. The van der Waals surface area contributed by atoms with Gasteiger partial charge in [-0.25, -0.2) is 18.7 Å². The summed E-state index contributed by atoms with van der Waals surface area (Å²) in [5, 5.41) is 22.9. The fourth-order valence-corrected chi connectivity index (χ4v) is 3.69. The van der Waals surface area contributed by atoms with Gasteiger partial charge in [0, 0.05) is 31.6 Å². The normalized spacial score (nSPS) is 24.1. The van der Waals surface area contributed by atoms with Gasteiger partial charge in [-0.15, -0.1) is 0 Å². The maximum atomic E-state index is 13.9. The molecule has 166 valence electrons. The van der Waals surface area contributed by atoms with Crippen LogP contribution in [0.5, 0.6) is 0 Å². The second kappa shape index (κ2) is 8.94. The molecule has 3 heterocycles. The highest BCUT2D eigenvalue weighted by atomic mass is 19.1. The van der Waals surface area contributed by atoms with E-state index in [1.807, 2.05) is 0 Å². The van der Waals surface area contributed by atoms with Crippen molar-refractivity contribution in [3.8, 4) is 0 Å². The molecule has 1 amide bonds. The number of nitrogens with zero attached hydrogens (tertiary/aromatic N) is 3. The molecule has 4 N–H and O–H groups in total. The van der Waals surface area contributed by atoms with Crippen LogP contribution in [-0.4, -0.2) is 70.2 Å². The van der Waals surface area contributed by atoms with Gasteiger partial charge in [-0.3, -0.25) is 9.89 Å². The first-order valence-electron chi connectivity index (χ1n) is 9.77. The maximum Gasteiger partial charge on any atom is 0.270 e. The summed E-state index contributed by atoms with van der Waals surface area (Å²) in [5.41, 5.74) is 0.337. The Morgan fingerprint density at radius 1 is 1.42 bits per heavy atom. The molecule has 2 aromatic heterocycles. The van der Waals surface area contributed by atoms with Crippen molar-refractivity contribution >= 4 is 22.8 Å². The van der Waals surface area contributed by atoms with E-state index in [1.54, 1.807) is 0 Å². The van der Waals surface area contributed by atoms with E-state index in [1.165, 1.54) is 13.4 Å². The van der Waals surface area contributed by atoms with Crippen LogP contribution in [0.25, 0.3) is 11.0 Å². The molecule has 0 bridgehead atoms. The third-order valence-electron chi connectivity index (χ3n) is 5.28. The molecule has 1 saturated heterocycles. The predicted molar refractivity (Wildman–Crippen MR) is 105 cm³/mol. The van der Waals surface area contributed by atoms with Gasteiger partial charge in [0.25, 0.3) is 5.91 Å². The topological polar surface area (TPSA) is 134 Å². The molecule has 0 saturated carbocycles. The number of ether oxygens (including phenoxy) is 2. The van der Waals surface area contributed by atoms with Gasteiger partial charge in [-0.1, -0.05) is 0 Å². The summed E-state index contributed by atoms with van der Waals surface area (Å²) in [6, 6.07) is -0.410. The van der Waals surface area contributed by atoms with Crippen LogP contribution in [-0.2, 0) is 9.47 Å². The molecule has 31 heavy (non-hydrogen) atoms. The first-order valence-corrected chi connectivity index (χ1v) is 9.77. The van der Waals surface area contributed by atoms with Crippen molar-refractivity contribution in [3.05, 3.63) is 35.5 Å². The zero-order valence-corrected chi connectivity index (χ0v) is 16.7. The highest BCUT2D eigenvalue weighted by Gasteiger charge is 2.29.